The summed E-state index contributed by atoms with van der Waals surface area (Å²) in [5.41, 5.74) is 0.712. The van der Waals surface area contributed by atoms with E-state index in [0.717, 1.165) is 0 Å². The van der Waals surface area contributed by atoms with E-state index in [0.29, 0.717) is 33.4 Å². The fourth-order valence-corrected chi connectivity index (χ4v) is 5.09. The van der Waals surface area contributed by atoms with Crippen molar-refractivity contribution in [1.82, 2.24) is 29.5 Å². The lowest BCUT2D eigenvalue weighted by Crippen LogP contribution is -2.27. The lowest BCUT2D eigenvalue weighted by molar-refractivity contribution is 0.101. The first-order chi connectivity index (χ1) is 23.5. The van der Waals surface area contributed by atoms with E-state index in [1.165, 1.54) is 52.0 Å². The molecule has 14 heteroatoms. The number of anilines is 2. The molecule has 2 amide bonds. The van der Waals surface area contributed by atoms with Crippen molar-refractivity contribution >= 4 is 35.1 Å². The Labute approximate surface area is 282 Å². The van der Waals surface area contributed by atoms with Crippen molar-refractivity contribution in [3.8, 4) is 11.4 Å². The number of rotatable bonds is 8. The summed E-state index contributed by atoms with van der Waals surface area (Å²) < 4.78 is 18.2. The first-order valence-corrected chi connectivity index (χ1v) is 15.2. The van der Waals surface area contributed by atoms with Gasteiger partial charge in [-0.05, 0) is 67.9 Å². The molecule has 2 N–H and O–H groups in total. The lowest BCUT2D eigenvalue weighted by Gasteiger charge is -2.13. The number of halogens is 2. The average molecular weight is 677 g/mol. The van der Waals surface area contributed by atoms with E-state index in [1.54, 1.807) is 38.1 Å². The van der Waals surface area contributed by atoms with Gasteiger partial charge in [-0.2, -0.15) is 10.2 Å². The van der Waals surface area contributed by atoms with E-state index >= 15 is 4.39 Å². The van der Waals surface area contributed by atoms with Crippen molar-refractivity contribution in [1.29, 1.82) is 0 Å². The Kier molecular flexibility index (Phi) is 9.18. The molecule has 244 valence electrons. The molecule has 0 unspecified atom stereocenters. The number of amides is 2. The summed E-state index contributed by atoms with van der Waals surface area (Å²) in [5, 5.41) is 13.9. The van der Waals surface area contributed by atoms with Crippen LogP contribution in [0, 0.1) is 19.7 Å². The number of hydrogen-bond donors (Lipinski definition) is 2. The SMILES string of the molecule is Cc1cc(=O)c(C(=O)Nc2cccc(Cc3ccc(-n4nc(C(=O)Nc5ccc(Cl)cn5)c(=O)cc4C)c(F)c3)n2)nn1-c1ccccc1. The van der Waals surface area contributed by atoms with Gasteiger partial charge in [0.2, 0.25) is 10.9 Å². The van der Waals surface area contributed by atoms with Crippen LogP contribution < -0.4 is 21.5 Å². The topological polar surface area (TPSA) is 154 Å². The number of para-hydroxylation sites is 1. The van der Waals surface area contributed by atoms with Crippen LogP contribution in [0.4, 0.5) is 16.0 Å². The quantitative estimate of drug-likeness (QED) is 0.227. The summed E-state index contributed by atoms with van der Waals surface area (Å²) in [4.78, 5) is 59.6. The Morgan fingerprint density at radius 1 is 0.755 bits per heavy atom. The second kappa shape index (κ2) is 13.8. The van der Waals surface area contributed by atoms with Crippen LogP contribution in [0.1, 0.15) is 43.6 Å². The van der Waals surface area contributed by atoms with Gasteiger partial charge >= 0.3 is 0 Å². The van der Waals surface area contributed by atoms with E-state index < -0.39 is 34.2 Å². The van der Waals surface area contributed by atoms with Crippen molar-refractivity contribution in [2.24, 2.45) is 0 Å². The Morgan fingerprint density at radius 3 is 2.06 bits per heavy atom. The number of benzene rings is 2. The van der Waals surface area contributed by atoms with Crippen molar-refractivity contribution in [3.63, 3.8) is 0 Å². The minimum atomic E-state index is -0.816. The molecule has 0 radical (unpaired) electrons. The normalized spacial score (nSPS) is 10.9. The van der Waals surface area contributed by atoms with Gasteiger partial charge in [0.25, 0.3) is 11.8 Å². The third-order valence-electron chi connectivity index (χ3n) is 7.29. The number of aryl methyl sites for hydroxylation is 2. The maximum atomic E-state index is 15.5. The molecule has 4 heterocycles. The second-order valence-electron chi connectivity index (χ2n) is 10.9. The van der Waals surface area contributed by atoms with E-state index in [9.17, 15) is 19.2 Å². The van der Waals surface area contributed by atoms with Gasteiger partial charge < -0.3 is 10.6 Å². The molecule has 4 aromatic heterocycles. The Morgan fingerprint density at radius 2 is 1.41 bits per heavy atom. The predicted molar refractivity (Wildman–Crippen MR) is 181 cm³/mol. The third kappa shape index (κ3) is 7.31. The standard InChI is InChI=1S/C35H26ClFN8O4/c1-20-15-28(46)32(42-44(20)25-8-4-3-5-9-25)35(49)41-31-10-6-7-24(39-31)17-22-11-13-27(26(37)18-22)45-21(2)16-29(47)33(43-45)34(48)40-30-14-12-23(36)19-38-30/h3-16,18-19H,17H2,1-2H3,(H,38,40,48)(H,39,41,49). The van der Waals surface area contributed by atoms with Crippen LogP contribution in [-0.4, -0.2) is 41.3 Å². The maximum absolute atomic E-state index is 15.5. The molecule has 0 aliphatic rings. The molecule has 0 aliphatic carbocycles. The number of hydrogen-bond acceptors (Lipinski definition) is 8. The summed E-state index contributed by atoms with van der Waals surface area (Å²) in [5.74, 6) is -1.86. The summed E-state index contributed by atoms with van der Waals surface area (Å²) >= 11 is 5.84. The lowest BCUT2D eigenvalue weighted by atomic mass is 10.1. The van der Waals surface area contributed by atoms with E-state index in [4.69, 9.17) is 11.6 Å². The number of carbonyl (C=O) groups is 2. The van der Waals surface area contributed by atoms with Crippen LogP contribution in [0.3, 0.4) is 0 Å². The van der Waals surface area contributed by atoms with Gasteiger partial charge in [-0.3, -0.25) is 19.2 Å². The highest BCUT2D eigenvalue weighted by Gasteiger charge is 2.19. The highest BCUT2D eigenvalue weighted by molar-refractivity contribution is 6.30. The van der Waals surface area contributed by atoms with Gasteiger partial charge in [0.1, 0.15) is 23.1 Å². The molecule has 2 aromatic carbocycles. The Hall–Kier alpha value is -6.34. The number of aromatic nitrogens is 6. The zero-order chi connectivity index (χ0) is 34.7. The van der Waals surface area contributed by atoms with Crippen molar-refractivity contribution in [3.05, 3.63) is 163 Å². The fourth-order valence-electron chi connectivity index (χ4n) is 4.97. The molecule has 0 atom stereocenters. The van der Waals surface area contributed by atoms with Gasteiger partial charge in [0.05, 0.1) is 10.7 Å². The van der Waals surface area contributed by atoms with Crippen LogP contribution in [0.25, 0.3) is 11.4 Å². The van der Waals surface area contributed by atoms with Crippen molar-refractivity contribution in [2.45, 2.75) is 20.3 Å². The van der Waals surface area contributed by atoms with Crippen molar-refractivity contribution < 1.29 is 14.0 Å². The van der Waals surface area contributed by atoms with Crippen LogP contribution in [0.15, 0.2) is 107 Å². The van der Waals surface area contributed by atoms with E-state index in [1.807, 2.05) is 30.3 Å². The minimum Gasteiger partial charge on any atom is -0.305 e. The van der Waals surface area contributed by atoms with Crippen LogP contribution >= 0.6 is 11.6 Å². The zero-order valence-electron chi connectivity index (χ0n) is 26.0. The summed E-state index contributed by atoms with van der Waals surface area (Å²) in [7, 11) is 0. The predicted octanol–water partition coefficient (Wildman–Crippen LogP) is 5.07. The van der Waals surface area contributed by atoms with E-state index in [-0.39, 0.29) is 29.4 Å². The number of nitrogens with one attached hydrogen (secondary N) is 2. The van der Waals surface area contributed by atoms with E-state index in [2.05, 4.69) is 30.8 Å². The van der Waals surface area contributed by atoms with Gasteiger partial charge in [-0.1, -0.05) is 41.9 Å². The molecule has 0 saturated carbocycles. The highest BCUT2D eigenvalue weighted by atomic mass is 35.5. The van der Waals surface area contributed by atoms with Crippen LogP contribution in [0.2, 0.25) is 5.02 Å². The first-order valence-electron chi connectivity index (χ1n) is 14.8. The Bertz CT molecular complexity index is 2340. The minimum absolute atomic E-state index is 0.0145. The molecular weight excluding hydrogens is 651 g/mol. The van der Waals surface area contributed by atoms with Gasteiger partial charge in [-0.15, -0.1) is 0 Å². The van der Waals surface area contributed by atoms with Gasteiger partial charge in [0.15, 0.2) is 11.4 Å². The zero-order valence-corrected chi connectivity index (χ0v) is 26.8. The summed E-state index contributed by atoms with van der Waals surface area (Å²) in [6.07, 6.45) is 1.53. The first kappa shape index (κ1) is 32.6. The fraction of sp³-hybridized carbons (Fsp3) is 0.0857. The number of nitrogens with zero attached hydrogens (tertiary/aromatic N) is 6. The molecule has 6 aromatic rings. The molecule has 0 fully saturated rings. The van der Waals surface area contributed by atoms with Gasteiger partial charge in [0, 0.05) is 41.8 Å². The molecule has 0 aliphatic heterocycles. The molecule has 0 bridgehead atoms. The third-order valence-corrected chi connectivity index (χ3v) is 7.51. The molecule has 6 rings (SSSR count). The van der Waals surface area contributed by atoms with Crippen molar-refractivity contribution in [2.75, 3.05) is 10.6 Å². The average Bonchev–Trinajstić information content (AvgIpc) is 3.07. The summed E-state index contributed by atoms with van der Waals surface area (Å²) in [6.45, 7) is 3.29. The largest absolute Gasteiger partial charge is 0.305 e. The molecular formula is C35H26ClFN8O4. The Balaban J connectivity index is 1.19. The van der Waals surface area contributed by atoms with Crippen LogP contribution in [0.5, 0.6) is 0 Å². The van der Waals surface area contributed by atoms with Crippen LogP contribution in [-0.2, 0) is 6.42 Å². The van der Waals surface area contributed by atoms with Gasteiger partial charge in [-0.25, -0.2) is 23.7 Å². The molecule has 0 saturated heterocycles. The molecule has 49 heavy (non-hydrogen) atoms. The number of carbonyl (C=O) groups excluding carboxylic acids is 2. The maximum Gasteiger partial charge on any atom is 0.281 e. The second-order valence-corrected chi connectivity index (χ2v) is 11.3. The molecule has 12 nitrogen and oxygen atoms in total. The monoisotopic (exact) mass is 676 g/mol. The highest BCUT2D eigenvalue weighted by Crippen LogP contribution is 2.19. The summed E-state index contributed by atoms with van der Waals surface area (Å²) in [6, 6.07) is 24.0. The molecule has 0 spiro atoms. The smallest absolute Gasteiger partial charge is 0.281 e. The number of pyridine rings is 2.